The van der Waals surface area contributed by atoms with Crippen LogP contribution in [-0.4, -0.2) is 33.0 Å². The van der Waals surface area contributed by atoms with Crippen molar-refractivity contribution in [2.75, 3.05) is 17.2 Å². The molecule has 7 heteroatoms. The first-order valence-corrected chi connectivity index (χ1v) is 12.7. The Morgan fingerprint density at radius 1 is 1.09 bits per heavy atom. The van der Waals surface area contributed by atoms with Crippen molar-refractivity contribution in [3.8, 4) is 0 Å². The molecule has 0 aliphatic rings. The van der Waals surface area contributed by atoms with Crippen LogP contribution >= 0.6 is 23.1 Å². The molecule has 0 aliphatic heterocycles. The van der Waals surface area contributed by atoms with Crippen LogP contribution < -0.4 is 4.90 Å². The number of thioether (sulfide) groups is 1. The Bertz CT molecular complexity index is 1160. The second-order valence-electron chi connectivity index (χ2n) is 7.92. The largest absolute Gasteiger partial charge is 0.286 e. The van der Waals surface area contributed by atoms with E-state index in [9.17, 15) is 4.79 Å². The smallest absolute Gasteiger partial charge is 0.228 e. The van der Waals surface area contributed by atoms with Crippen LogP contribution in [0.2, 0.25) is 0 Å². The minimum Gasteiger partial charge on any atom is -0.286 e. The Labute approximate surface area is 197 Å². The number of hydrogen-bond donors (Lipinski definition) is 0. The van der Waals surface area contributed by atoms with Gasteiger partial charge in [-0.3, -0.25) is 14.4 Å². The van der Waals surface area contributed by atoms with Crippen molar-refractivity contribution in [1.82, 2.24) is 14.8 Å². The van der Waals surface area contributed by atoms with E-state index in [-0.39, 0.29) is 5.91 Å². The van der Waals surface area contributed by atoms with Gasteiger partial charge < -0.3 is 0 Å². The van der Waals surface area contributed by atoms with Gasteiger partial charge in [0.25, 0.3) is 0 Å². The van der Waals surface area contributed by atoms with E-state index in [0.29, 0.717) is 19.5 Å². The zero-order chi connectivity index (χ0) is 22.5. The standard InChI is InChI=1S/C25H28N4OS2/c1-18-10-12-21(13-11-18)31-16-6-9-24(30)28(14-15-29-20(3)17-19(2)27-29)25-26-22-7-4-5-8-23(22)32-25/h4-5,7-8,10-13,17H,6,9,14-16H2,1-3H3. The highest BCUT2D eigenvalue weighted by molar-refractivity contribution is 7.99. The molecule has 1 amide bonds. The summed E-state index contributed by atoms with van der Waals surface area (Å²) in [5.74, 6) is 1.04. The fourth-order valence-electron chi connectivity index (χ4n) is 3.58. The molecule has 0 N–H and O–H groups in total. The zero-order valence-corrected chi connectivity index (χ0v) is 20.4. The molecule has 0 unspecified atom stereocenters. The lowest BCUT2D eigenvalue weighted by Crippen LogP contribution is -2.34. The third kappa shape index (κ3) is 5.58. The van der Waals surface area contributed by atoms with Crippen LogP contribution in [0.25, 0.3) is 10.2 Å². The van der Waals surface area contributed by atoms with Crippen molar-refractivity contribution in [2.45, 2.75) is 45.1 Å². The van der Waals surface area contributed by atoms with Crippen LogP contribution in [0.5, 0.6) is 0 Å². The normalized spacial score (nSPS) is 11.2. The minimum absolute atomic E-state index is 0.120. The first-order chi connectivity index (χ1) is 15.5. The molecule has 0 fully saturated rings. The van der Waals surface area contributed by atoms with E-state index >= 15 is 0 Å². The van der Waals surface area contributed by atoms with Gasteiger partial charge in [-0.25, -0.2) is 4.98 Å². The fourth-order valence-corrected chi connectivity index (χ4v) is 5.44. The summed E-state index contributed by atoms with van der Waals surface area (Å²) in [6, 6.07) is 18.6. The maximum atomic E-state index is 13.2. The molecule has 2 aromatic carbocycles. The van der Waals surface area contributed by atoms with Gasteiger partial charge in [0, 0.05) is 23.6 Å². The van der Waals surface area contributed by atoms with Gasteiger partial charge in [-0.05, 0) is 63.3 Å². The van der Waals surface area contributed by atoms with Crippen LogP contribution in [0.1, 0.15) is 29.8 Å². The van der Waals surface area contributed by atoms with Crippen molar-refractivity contribution in [1.29, 1.82) is 0 Å². The summed E-state index contributed by atoms with van der Waals surface area (Å²) in [7, 11) is 0. The third-order valence-electron chi connectivity index (χ3n) is 5.28. The van der Waals surface area contributed by atoms with Crippen LogP contribution in [0.4, 0.5) is 5.13 Å². The van der Waals surface area contributed by atoms with Crippen LogP contribution in [0.3, 0.4) is 0 Å². The number of fused-ring (bicyclic) bond motifs is 1. The lowest BCUT2D eigenvalue weighted by atomic mass is 10.2. The monoisotopic (exact) mass is 464 g/mol. The second-order valence-corrected chi connectivity index (χ2v) is 10.1. The summed E-state index contributed by atoms with van der Waals surface area (Å²) in [4.78, 5) is 21.1. The number of thiazole rings is 1. The van der Waals surface area contributed by atoms with Gasteiger partial charge in [-0.1, -0.05) is 41.2 Å². The van der Waals surface area contributed by atoms with Crippen LogP contribution in [-0.2, 0) is 11.3 Å². The van der Waals surface area contributed by atoms with E-state index in [0.717, 1.165) is 38.9 Å². The molecule has 2 heterocycles. The van der Waals surface area contributed by atoms with Gasteiger partial charge in [0.05, 0.1) is 22.5 Å². The molecule has 0 bridgehead atoms. The van der Waals surface area contributed by atoms with Gasteiger partial charge in [0.15, 0.2) is 5.13 Å². The maximum absolute atomic E-state index is 13.2. The minimum atomic E-state index is 0.120. The number of benzene rings is 2. The molecule has 166 valence electrons. The van der Waals surface area contributed by atoms with Crippen molar-refractivity contribution < 1.29 is 4.79 Å². The number of para-hydroxylation sites is 1. The topological polar surface area (TPSA) is 51.0 Å². The summed E-state index contributed by atoms with van der Waals surface area (Å²) in [5.41, 5.74) is 4.30. The number of aromatic nitrogens is 3. The van der Waals surface area contributed by atoms with Crippen molar-refractivity contribution >= 4 is 44.4 Å². The molecular weight excluding hydrogens is 436 g/mol. The molecular formula is C25H28N4OS2. The van der Waals surface area contributed by atoms with Gasteiger partial charge in [-0.15, -0.1) is 11.8 Å². The van der Waals surface area contributed by atoms with Crippen LogP contribution in [0, 0.1) is 20.8 Å². The predicted octanol–water partition coefficient (Wildman–Crippen LogP) is 6.02. The number of carbonyl (C=O) groups excluding carboxylic acids is 1. The average molecular weight is 465 g/mol. The Hall–Kier alpha value is -2.64. The van der Waals surface area contributed by atoms with Crippen molar-refractivity contribution in [3.05, 3.63) is 71.5 Å². The summed E-state index contributed by atoms with van der Waals surface area (Å²) in [5, 5.41) is 5.32. The quantitative estimate of drug-likeness (QED) is 0.224. The summed E-state index contributed by atoms with van der Waals surface area (Å²) >= 11 is 3.37. The number of carbonyl (C=O) groups is 1. The predicted molar refractivity (Wildman–Crippen MR) is 135 cm³/mol. The molecule has 2 aromatic heterocycles. The highest BCUT2D eigenvalue weighted by Crippen LogP contribution is 2.29. The Morgan fingerprint density at radius 3 is 2.59 bits per heavy atom. The highest BCUT2D eigenvalue weighted by Gasteiger charge is 2.20. The highest BCUT2D eigenvalue weighted by atomic mass is 32.2. The number of anilines is 1. The number of amides is 1. The van der Waals surface area contributed by atoms with E-state index in [2.05, 4.69) is 48.4 Å². The Balaban J connectivity index is 1.43. The van der Waals surface area contributed by atoms with Gasteiger partial charge in [-0.2, -0.15) is 5.10 Å². The molecule has 0 spiro atoms. The molecule has 4 rings (SSSR count). The number of nitrogens with zero attached hydrogens (tertiary/aromatic N) is 4. The fraction of sp³-hybridized carbons (Fsp3) is 0.320. The van der Waals surface area contributed by atoms with E-state index < -0.39 is 0 Å². The molecule has 0 atom stereocenters. The molecule has 32 heavy (non-hydrogen) atoms. The van der Waals surface area contributed by atoms with E-state index in [4.69, 9.17) is 4.98 Å². The molecule has 0 saturated carbocycles. The van der Waals surface area contributed by atoms with Crippen molar-refractivity contribution in [2.24, 2.45) is 0 Å². The number of rotatable bonds is 9. The van der Waals surface area contributed by atoms with E-state index in [1.165, 1.54) is 10.5 Å². The molecule has 0 radical (unpaired) electrons. The Kier molecular flexibility index (Phi) is 7.27. The van der Waals surface area contributed by atoms with Gasteiger partial charge in [0.2, 0.25) is 5.91 Å². The number of aryl methyl sites for hydroxylation is 3. The van der Waals surface area contributed by atoms with E-state index in [1.54, 1.807) is 23.1 Å². The van der Waals surface area contributed by atoms with Gasteiger partial charge >= 0.3 is 0 Å². The lowest BCUT2D eigenvalue weighted by molar-refractivity contribution is -0.118. The Morgan fingerprint density at radius 2 is 1.88 bits per heavy atom. The average Bonchev–Trinajstić information content (AvgIpc) is 3.34. The van der Waals surface area contributed by atoms with E-state index in [1.807, 2.05) is 41.6 Å². The molecule has 0 saturated heterocycles. The first kappa shape index (κ1) is 22.6. The lowest BCUT2D eigenvalue weighted by Gasteiger charge is -2.20. The first-order valence-electron chi connectivity index (χ1n) is 10.9. The summed E-state index contributed by atoms with van der Waals surface area (Å²) in [6.07, 6.45) is 1.34. The van der Waals surface area contributed by atoms with Gasteiger partial charge in [0.1, 0.15) is 0 Å². The third-order valence-corrected chi connectivity index (χ3v) is 7.44. The summed E-state index contributed by atoms with van der Waals surface area (Å²) < 4.78 is 3.07. The maximum Gasteiger partial charge on any atom is 0.228 e. The zero-order valence-electron chi connectivity index (χ0n) is 18.7. The second kappa shape index (κ2) is 10.3. The molecule has 0 aliphatic carbocycles. The molecule has 5 nitrogen and oxygen atoms in total. The number of hydrogen-bond acceptors (Lipinski definition) is 5. The van der Waals surface area contributed by atoms with Crippen molar-refractivity contribution in [3.63, 3.8) is 0 Å². The molecule has 4 aromatic rings. The SMILES string of the molecule is Cc1ccc(SCCCC(=O)N(CCn2nc(C)cc2C)c2nc3ccccc3s2)cc1. The van der Waals surface area contributed by atoms with Crippen LogP contribution in [0.15, 0.2) is 59.5 Å². The summed E-state index contributed by atoms with van der Waals surface area (Å²) in [6.45, 7) is 7.35.